The van der Waals surface area contributed by atoms with E-state index in [2.05, 4.69) is 6.58 Å². The minimum absolute atomic E-state index is 0. The molecule has 0 rings (SSSR count). The van der Waals surface area contributed by atoms with Gasteiger partial charge < -0.3 is 11.5 Å². The van der Waals surface area contributed by atoms with Crippen LogP contribution in [0.15, 0.2) is 12.2 Å². The van der Waals surface area contributed by atoms with Crippen LogP contribution in [0.4, 0.5) is 4.39 Å². The van der Waals surface area contributed by atoms with Crippen LogP contribution in [0.2, 0.25) is 0 Å². The number of alkyl halides is 1. The maximum atomic E-state index is 13.2. The lowest BCUT2D eigenvalue weighted by Gasteiger charge is -2.21. The van der Waals surface area contributed by atoms with Crippen LogP contribution in [-0.4, -0.2) is 18.8 Å². The van der Waals surface area contributed by atoms with Crippen LogP contribution in [0.1, 0.15) is 13.3 Å². The van der Waals surface area contributed by atoms with Crippen LogP contribution < -0.4 is 11.5 Å². The lowest BCUT2D eigenvalue weighted by molar-refractivity contribution is 0.184. The molecule has 0 aliphatic heterocycles. The second-order valence-electron chi connectivity index (χ2n) is 2.69. The Balaban J connectivity index is -0.000000405. The van der Waals surface area contributed by atoms with E-state index in [1.165, 1.54) is 0 Å². The molecule has 0 aromatic rings. The maximum Gasteiger partial charge on any atom is 0.138 e. The summed E-state index contributed by atoms with van der Waals surface area (Å²) in [6.07, 6.45) is 0.264. The average Bonchev–Trinajstić information content (AvgIpc) is 1.87. The van der Waals surface area contributed by atoms with Crippen LogP contribution in [0.25, 0.3) is 0 Å². The molecule has 0 saturated carbocycles. The maximum absolute atomic E-state index is 13.2. The van der Waals surface area contributed by atoms with Crippen molar-refractivity contribution in [2.75, 3.05) is 13.1 Å². The van der Waals surface area contributed by atoms with E-state index in [1.807, 2.05) is 0 Å². The molecule has 4 N–H and O–H groups in total. The summed E-state index contributed by atoms with van der Waals surface area (Å²) in [4.78, 5) is 0. The molecule has 0 aromatic heterocycles. The van der Waals surface area contributed by atoms with Gasteiger partial charge in [-0.15, -0.1) is 31.4 Å². The van der Waals surface area contributed by atoms with E-state index >= 15 is 0 Å². The zero-order chi connectivity index (χ0) is 8.20. The molecule has 0 aliphatic carbocycles. The summed E-state index contributed by atoms with van der Waals surface area (Å²) >= 11 is 0. The zero-order valence-electron chi connectivity index (χ0n) is 7.18. The highest BCUT2D eigenvalue weighted by Crippen LogP contribution is 2.17. The number of allylic oxidation sites excluding steroid dienone is 1. The third-order valence-electron chi connectivity index (χ3n) is 1.35. The molecular formula is C7H17Cl2FN2. The smallest absolute Gasteiger partial charge is 0.138 e. The molecule has 76 valence electrons. The standard InChI is InChI=1S/C7H15FN2.2ClH/c1-6(2)3-7(8,4-9)5-10;;/h1,3-5,9-10H2,2H3;2*1H. The van der Waals surface area contributed by atoms with Gasteiger partial charge in [0.25, 0.3) is 0 Å². The fourth-order valence-corrected chi connectivity index (χ4v) is 0.769. The van der Waals surface area contributed by atoms with Gasteiger partial charge in [0.15, 0.2) is 0 Å². The Hall–Kier alpha value is 0.170. The van der Waals surface area contributed by atoms with Crippen LogP contribution in [0.5, 0.6) is 0 Å². The summed E-state index contributed by atoms with van der Waals surface area (Å²) in [5.74, 6) is 0. The highest BCUT2D eigenvalue weighted by atomic mass is 35.5. The summed E-state index contributed by atoms with van der Waals surface area (Å²) in [6, 6.07) is 0. The van der Waals surface area contributed by atoms with E-state index in [1.54, 1.807) is 6.92 Å². The first-order chi connectivity index (χ1) is 4.54. The molecule has 0 aliphatic rings. The van der Waals surface area contributed by atoms with Gasteiger partial charge >= 0.3 is 0 Å². The van der Waals surface area contributed by atoms with Crippen molar-refractivity contribution in [2.24, 2.45) is 11.5 Å². The minimum Gasteiger partial charge on any atom is -0.327 e. The van der Waals surface area contributed by atoms with Gasteiger partial charge in [-0.05, 0) is 6.92 Å². The van der Waals surface area contributed by atoms with Crippen LogP contribution in [0, 0.1) is 0 Å². The summed E-state index contributed by atoms with van der Waals surface area (Å²) in [5.41, 5.74) is 9.68. The van der Waals surface area contributed by atoms with Crippen molar-refractivity contribution >= 4 is 24.8 Å². The zero-order valence-corrected chi connectivity index (χ0v) is 8.81. The highest BCUT2D eigenvalue weighted by Gasteiger charge is 2.25. The lowest BCUT2D eigenvalue weighted by Crippen LogP contribution is -2.40. The van der Waals surface area contributed by atoms with Crippen LogP contribution in [0.3, 0.4) is 0 Å². The highest BCUT2D eigenvalue weighted by molar-refractivity contribution is 5.85. The molecule has 0 radical (unpaired) electrons. The molecule has 2 nitrogen and oxygen atoms in total. The Morgan fingerprint density at radius 1 is 1.33 bits per heavy atom. The first-order valence-corrected chi connectivity index (χ1v) is 3.27. The summed E-state index contributed by atoms with van der Waals surface area (Å²) in [7, 11) is 0. The number of hydrogen-bond acceptors (Lipinski definition) is 2. The Morgan fingerprint density at radius 3 is 1.75 bits per heavy atom. The van der Waals surface area contributed by atoms with Crippen LogP contribution >= 0.6 is 24.8 Å². The van der Waals surface area contributed by atoms with Gasteiger partial charge in [-0.2, -0.15) is 0 Å². The Labute approximate surface area is 85.4 Å². The first kappa shape index (κ1) is 18.1. The molecular weight excluding hydrogens is 202 g/mol. The molecule has 5 heteroatoms. The quantitative estimate of drug-likeness (QED) is 0.702. The van der Waals surface area contributed by atoms with Crippen molar-refractivity contribution < 1.29 is 4.39 Å². The van der Waals surface area contributed by atoms with Crippen molar-refractivity contribution in [1.29, 1.82) is 0 Å². The van der Waals surface area contributed by atoms with Gasteiger partial charge in [0.1, 0.15) is 5.67 Å². The van der Waals surface area contributed by atoms with E-state index in [0.29, 0.717) is 0 Å². The lowest BCUT2D eigenvalue weighted by atomic mass is 9.98. The van der Waals surface area contributed by atoms with Gasteiger partial charge in [0.2, 0.25) is 0 Å². The summed E-state index contributed by atoms with van der Waals surface area (Å²) < 4.78 is 13.2. The second-order valence-corrected chi connectivity index (χ2v) is 2.69. The van der Waals surface area contributed by atoms with Gasteiger partial charge in [-0.1, -0.05) is 5.57 Å². The van der Waals surface area contributed by atoms with Gasteiger partial charge in [0.05, 0.1) is 0 Å². The summed E-state index contributed by atoms with van der Waals surface area (Å²) in [6.45, 7) is 5.29. The number of rotatable bonds is 4. The minimum atomic E-state index is -1.44. The average molecular weight is 219 g/mol. The van der Waals surface area contributed by atoms with E-state index in [4.69, 9.17) is 11.5 Å². The van der Waals surface area contributed by atoms with Crippen molar-refractivity contribution in [3.05, 3.63) is 12.2 Å². The van der Waals surface area contributed by atoms with E-state index < -0.39 is 5.67 Å². The topological polar surface area (TPSA) is 52.0 Å². The normalized spacial score (nSPS) is 9.67. The van der Waals surface area contributed by atoms with Crippen LogP contribution in [-0.2, 0) is 0 Å². The van der Waals surface area contributed by atoms with E-state index in [9.17, 15) is 4.39 Å². The monoisotopic (exact) mass is 218 g/mol. The molecule has 0 aromatic carbocycles. The molecule has 0 saturated heterocycles. The number of halogens is 3. The van der Waals surface area contributed by atoms with Crippen molar-refractivity contribution in [3.8, 4) is 0 Å². The fraction of sp³-hybridized carbons (Fsp3) is 0.714. The molecule has 0 heterocycles. The molecule has 0 unspecified atom stereocenters. The van der Waals surface area contributed by atoms with Gasteiger partial charge in [-0.25, -0.2) is 4.39 Å². The van der Waals surface area contributed by atoms with Crippen molar-refractivity contribution in [1.82, 2.24) is 0 Å². The molecule has 0 bridgehead atoms. The second kappa shape index (κ2) is 7.80. The first-order valence-electron chi connectivity index (χ1n) is 3.27. The molecule has 12 heavy (non-hydrogen) atoms. The largest absolute Gasteiger partial charge is 0.327 e. The predicted molar refractivity (Wildman–Crippen MR) is 55.9 cm³/mol. The third kappa shape index (κ3) is 6.85. The number of nitrogens with two attached hydrogens (primary N) is 2. The molecule has 0 fully saturated rings. The fourth-order valence-electron chi connectivity index (χ4n) is 0.769. The van der Waals surface area contributed by atoms with Crippen molar-refractivity contribution in [2.45, 2.75) is 19.0 Å². The Morgan fingerprint density at radius 2 is 1.67 bits per heavy atom. The Kier molecular flexibility index (Phi) is 11.7. The van der Waals surface area contributed by atoms with Crippen molar-refractivity contribution in [3.63, 3.8) is 0 Å². The predicted octanol–water partition coefficient (Wildman–Crippen LogP) is 1.42. The third-order valence-corrected chi connectivity index (χ3v) is 1.35. The van der Waals surface area contributed by atoms with E-state index in [-0.39, 0.29) is 44.3 Å². The molecule has 0 amide bonds. The van der Waals surface area contributed by atoms with Gasteiger partial charge in [0, 0.05) is 19.5 Å². The molecule has 0 spiro atoms. The van der Waals surface area contributed by atoms with E-state index in [0.717, 1.165) is 5.57 Å². The SMILES string of the molecule is C=C(C)CC(F)(CN)CN.Cl.Cl. The number of hydrogen-bond donors (Lipinski definition) is 2. The molecule has 0 atom stereocenters. The Bertz CT molecular complexity index is 127. The summed E-state index contributed by atoms with van der Waals surface area (Å²) in [5, 5.41) is 0. The van der Waals surface area contributed by atoms with Gasteiger partial charge in [-0.3, -0.25) is 0 Å².